The number of hydrogen-bond acceptors (Lipinski definition) is 7. The number of aryl methyl sites for hydroxylation is 1. The van der Waals surface area contributed by atoms with E-state index in [0.717, 1.165) is 31.5 Å². The van der Waals surface area contributed by atoms with E-state index < -0.39 is 6.04 Å². The molecule has 3 aliphatic rings. The van der Waals surface area contributed by atoms with Gasteiger partial charge in [0.1, 0.15) is 17.6 Å². The predicted octanol–water partition coefficient (Wildman–Crippen LogP) is 1.97. The Kier molecular flexibility index (Phi) is 6.98. The molecule has 2 amide bonds. The molecule has 5 rings (SSSR count). The van der Waals surface area contributed by atoms with Gasteiger partial charge in [-0.1, -0.05) is 26.2 Å². The van der Waals surface area contributed by atoms with Crippen LogP contribution in [0.3, 0.4) is 0 Å². The highest BCUT2D eigenvalue weighted by atomic mass is 16.5. The monoisotopic (exact) mass is 496 g/mol. The van der Waals surface area contributed by atoms with Crippen LogP contribution in [0.2, 0.25) is 0 Å². The molecule has 3 atom stereocenters. The van der Waals surface area contributed by atoms with Crippen LogP contribution in [0.1, 0.15) is 49.5 Å². The highest BCUT2D eigenvalue weighted by Crippen LogP contribution is 2.58. The number of aliphatic hydroxyl groups excluding tert-OH is 1. The van der Waals surface area contributed by atoms with Gasteiger partial charge in [0.05, 0.1) is 37.7 Å². The van der Waals surface area contributed by atoms with Gasteiger partial charge < -0.3 is 25.4 Å². The minimum atomic E-state index is -0.650. The first-order valence-electron chi connectivity index (χ1n) is 12.9. The first-order chi connectivity index (χ1) is 17.4. The molecular weight excluding hydrogens is 460 g/mol. The lowest BCUT2D eigenvalue weighted by molar-refractivity contribution is -0.121. The number of amides is 2. The van der Waals surface area contributed by atoms with Gasteiger partial charge in [-0.15, -0.1) is 0 Å². The van der Waals surface area contributed by atoms with Gasteiger partial charge >= 0.3 is 0 Å². The summed E-state index contributed by atoms with van der Waals surface area (Å²) in [5.41, 5.74) is 1.06. The minimum Gasteiger partial charge on any atom is -0.394 e. The van der Waals surface area contributed by atoms with E-state index in [1.165, 1.54) is 11.1 Å². The van der Waals surface area contributed by atoms with E-state index in [4.69, 9.17) is 4.74 Å². The standard InChI is InChI=1S/C26H36N6O4/c1-26(9-10-26)22(17-4-3-5-17)23(30-24(34)20-8-11-28-31(20)2)25(35)29-18-6-7-21(27-14-18)32-12-13-36-16-19(32)15-33/h6-8,11,14,17,19,22-23,33H,3-5,9-10,12-13,15-16H2,1-2H3,(H,29,35)(H,30,34)/t19-,22?,23+/m1/s1. The highest BCUT2D eigenvalue weighted by molar-refractivity contribution is 6.00. The van der Waals surface area contributed by atoms with E-state index in [9.17, 15) is 14.7 Å². The molecular formula is C26H36N6O4. The van der Waals surface area contributed by atoms with Crippen molar-refractivity contribution < 1.29 is 19.4 Å². The molecule has 3 fully saturated rings. The van der Waals surface area contributed by atoms with Crippen LogP contribution in [0.15, 0.2) is 30.6 Å². The number of anilines is 2. The number of hydrogen-bond donors (Lipinski definition) is 3. The maximum Gasteiger partial charge on any atom is 0.270 e. The van der Waals surface area contributed by atoms with Crippen molar-refractivity contribution in [1.82, 2.24) is 20.1 Å². The third-order valence-electron chi connectivity index (χ3n) is 8.23. The van der Waals surface area contributed by atoms with Gasteiger partial charge in [0.25, 0.3) is 5.91 Å². The largest absolute Gasteiger partial charge is 0.394 e. The van der Waals surface area contributed by atoms with Crippen molar-refractivity contribution in [3.8, 4) is 0 Å². The number of nitrogens with zero attached hydrogens (tertiary/aromatic N) is 4. The zero-order valence-electron chi connectivity index (χ0n) is 21.0. The topological polar surface area (TPSA) is 122 Å². The molecule has 194 valence electrons. The lowest BCUT2D eigenvalue weighted by atomic mass is 9.66. The van der Waals surface area contributed by atoms with Gasteiger partial charge in [-0.05, 0) is 48.3 Å². The number of ether oxygens (including phenoxy) is 1. The van der Waals surface area contributed by atoms with E-state index in [0.29, 0.717) is 37.1 Å². The molecule has 0 bridgehead atoms. The summed E-state index contributed by atoms with van der Waals surface area (Å²) in [6.45, 7) is 3.90. The second-order valence-electron chi connectivity index (χ2n) is 10.7. The zero-order chi connectivity index (χ0) is 25.3. The summed E-state index contributed by atoms with van der Waals surface area (Å²) in [5, 5.41) is 19.9. The summed E-state index contributed by atoms with van der Waals surface area (Å²) >= 11 is 0. The van der Waals surface area contributed by atoms with Crippen molar-refractivity contribution in [3.63, 3.8) is 0 Å². The normalized spacial score (nSPS) is 22.9. The first-order valence-corrected chi connectivity index (χ1v) is 12.9. The minimum absolute atomic E-state index is 0.0144. The highest BCUT2D eigenvalue weighted by Gasteiger charge is 2.54. The Morgan fingerprint density at radius 3 is 2.67 bits per heavy atom. The predicted molar refractivity (Wildman–Crippen MR) is 135 cm³/mol. The summed E-state index contributed by atoms with van der Waals surface area (Å²) in [6, 6.07) is 4.54. The van der Waals surface area contributed by atoms with E-state index in [-0.39, 0.29) is 35.8 Å². The third kappa shape index (κ3) is 4.97. The molecule has 10 nitrogen and oxygen atoms in total. The van der Waals surface area contributed by atoms with Crippen molar-refractivity contribution in [2.24, 2.45) is 24.3 Å². The van der Waals surface area contributed by atoms with Crippen LogP contribution in [0.4, 0.5) is 11.5 Å². The second-order valence-corrected chi connectivity index (χ2v) is 10.7. The SMILES string of the molecule is Cn1nccc1C(=O)N[C@H](C(=O)Nc1ccc(N2CCOC[C@H]2CO)nc1)C(C1CCC1)C1(C)CC1. The Morgan fingerprint density at radius 2 is 2.08 bits per heavy atom. The molecule has 1 aliphatic heterocycles. The summed E-state index contributed by atoms with van der Waals surface area (Å²) < 4.78 is 6.98. The zero-order valence-corrected chi connectivity index (χ0v) is 21.0. The molecule has 2 aromatic heterocycles. The quantitative estimate of drug-likeness (QED) is 0.485. The third-order valence-corrected chi connectivity index (χ3v) is 8.23. The van der Waals surface area contributed by atoms with Crippen molar-refractivity contribution in [1.29, 1.82) is 0 Å². The van der Waals surface area contributed by atoms with Gasteiger partial charge in [0, 0.05) is 19.8 Å². The van der Waals surface area contributed by atoms with E-state index in [1.54, 1.807) is 25.5 Å². The fraction of sp³-hybridized carbons (Fsp3) is 0.615. The Morgan fingerprint density at radius 1 is 1.28 bits per heavy atom. The molecule has 1 saturated heterocycles. The fourth-order valence-electron chi connectivity index (χ4n) is 5.66. The van der Waals surface area contributed by atoms with Gasteiger partial charge in [0.15, 0.2) is 0 Å². The number of pyridine rings is 1. The van der Waals surface area contributed by atoms with Gasteiger partial charge in [-0.3, -0.25) is 14.3 Å². The van der Waals surface area contributed by atoms with Crippen LogP contribution in [0.5, 0.6) is 0 Å². The molecule has 0 spiro atoms. The molecule has 0 aromatic carbocycles. The Labute approximate surface area is 211 Å². The van der Waals surface area contributed by atoms with Crippen LogP contribution in [-0.4, -0.2) is 70.1 Å². The molecule has 10 heteroatoms. The Bertz CT molecular complexity index is 1080. The van der Waals surface area contributed by atoms with Gasteiger partial charge in [0.2, 0.25) is 5.91 Å². The Hall–Kier alpha value is -2.98. The molecule has 2 aromatic rings. The van der Waals surface area contributed by atoms with Crippen LogP contribution in [-0.2, 0) is 16.6 Å². The summed E-state index contributed by atoms with van der Waals surface area (Å²) in [4.78, 5) is 33.4. The number of rotatable bonds is 9. The smallest absolute Gasteiger partial charge is 0.270 e. The number of morpholine rings is 1. The number of carbonyl (C=O) groups excluding carboxylic acids is 2. The van der Waals surface area contributed by atoms with Gasteiger partial charge in [-0.25, -0.2) is 4.98 Å². The van der Waals surface area contributed by atoms with Crippen LogP contribution in [0, 0.1) is 17.3 Å². The number of aliphatic hydroxyl groups is 1. The maximum atomic E-state index is 13.7. The van der Waals surface area contributed by atoms with Gasteiger partial charge in [-0.2, -0.15) is 5.10 Å². The average Bonchev–Trinajstić information content (AvgIpc) is 3.45. The summed E-state index contributed by atoms with van der Waals surface area (Å²) in [6.07, 6.45) is 8.71. The molecule has 3 N–H and O–H groups in total. The number of carbonyl (C=O) groups is 2. The summed E-state index contributed by atoms with van der Waals surface area (Å²) in [5.74, 6) is 0.727. The number of nitrogens with one attached hydrogen (secondary N) is 2. The van der Waals surface area contributed by atoms with Crippen molar-refractivity contribution >= 4 is 23.3 Å². The lowest BCUT2D eigenvalue weighted by Gasteiger charge is -2.42. The van der Waals surface area contributed by atoms with E-state index >= 15 is 0 Å². The maximum absolute atomic E-state index is 13.7. The van der Waals surface area contributed by atoms with E-state index in [2.05, 4.69) is 27.6 Å². The van der Waals surface area contributed by atoms with E-state index in [1.807, 2.05) is 17.0 Å². The van der Waals surface area contributed by atoms with Crippen molar-refractivity contribution in [2.75, 3.05) is 36.6 Å². The van der Waals surface area contributed by atoms with Crippen LogP contribution >= 0.6 is 0 Å². The molecule has 0 radical (unpaired) electrons. The van der Waals surface area contributed by atoms with Crippen LogP contribution < -0.4 is 15.5 Å². The van der Waals surface area contributed by atoms with Crippen molar-refractivity contribution in [3.05, 3.63) is 36.3 Å². The number of aromatic nitrogens is 3. The molecule has 2 aliphatic carbocycles. The lowest BCUT2D eigenvalue weighted by Crippen LogP contribution is -2.54. The second kappa shape index (κ2) is 10.2. The van der Waals surface area contributed by atoms with Crippen LogP contribution in [0.25, 0.3) is 0 Å². The Balaban J connectivity index is 1.35. The molecule has 36 heavy (non-hydrogen) atoms. The molecule has 3 heterocycles. The first kappa shape index (κ1) is 24.7. The fourth-order valence-corrected chi connectivity index (χ4v) is 5.66. The molecule has 1 unspecified atom stereocenters. The average molecular weight is 497 g/mol. The molecule has 2 saturated carbocycles. The summed E-state index contributed by atoms with van der Waals surface area (Å²) in [7, 11) is 1.72. The van der Waals surface area contributed by atoms with Crippen molar-refractivity contribution in [2.45, 2.75) is 51.1 Å².